The van der Waals surface area contributed by atoms with Crippen LogP contribution in [0.1, 0.15) is 46.7 Å². The van der Waals surface area contributed by atoms with Crippen molar-refractivity contribution in [1.29, 1.82) is 0 Å². The number of nitrogens with zero attached hydrogens (tertiary/aromatic N) is 5. The van der Waals surface area contributed by atoms with Crippen molar-refractivity contribution in [2.24, 2.45) is 0 Å². The second kappa shape index (κ2) is 12.6. The molecular weight excluding hydrogens is 711 g/mol. The highest BCUT2D eigenvalue weighted by molar-refractivity contribution is 6.26. The summed E-state index contributed by atoms with van der Waals surface area (Å²) in [5.74, 6) is -2.66. The average molecular weight is 774 g/mol. The molecule has 0 aliphatic rings. The van der Waals surface area contributed by atoms with Crippen molar-refractivity contribution in [2.75, 3.05) is 0 Å². The summed E-state index contributed by atoms with van der Waals surface area (Å²) in [6, 6.07) is -26.2. The summed E-state index contributed by atoms with van der Waals surface area (Å²) >= 11 is 0. The summed E-state index contributed by atoms with van der Waals surface area (Å²) < 4.78 is 278. The first-order chi connectivity index (χ1) is 41.2. The van der Waals surface area contributed by atoms with E-state index in [1.165, 1.54) is 6.92 Å². The monoisotopic (exact) mass is 773 g/mol. The van der Waals surface area contributed by atoms with Crippen molar-refractivity contribution in [1.82, 2.24) is 24.1 Å². The highest BCUT2D eigenvalue weighted by Crippen LogP contribution is 2.42. The molecule has 0 bridgehead atoms. The van der Waals surface area contributed by atoms with E-state index in [1.807, 2.05) is 0 Å². The number of rotatable bonds is 5. The van der Waals surface area contributed by atoms with E-state index < -0.39 is 292 Å². The largest absolute Gasteiger partial charge is 0.456 e. The van der Waals surface area contributed by atoms with Gasteiger partial charge in [0.2, 0.25) is 5.95 Å². The third kappa shape index (κ3) is 4.88. The van der Waals surface area contributed by atoms with Gasteiger partial charge >= 0.3 is 0 Å². The Morgan fingerprint density at radius 1 is 0.448 bits per heavy atom. The molecule has 0 aliphatic carbocycles. The van der Waals surface area contributed by atoms with Gasteiger partial charge in [0.25, 0.3) is 0 Å². The van der Waals surface area contributed by atoms with E-state index in [0.29, 0.717) is 0 Å². The molecule has 58 heavy (non-hydrogen) atoms. The normalized spacial score (nSPS) is 19.1. The number of benzene rings is 8. The highest BCUT2D eigenvalue weighted by atomic mass is 16.3. The lowest BCUT2D eigenvalue weighted by atomic mass is 9.98. The van der Waals surface area contributed by atoms with Gasteiger partial charge in [-0.05, 0) is 65.9 Å². The summed E-state index contributed by atoms with van der Waals surface area (Å²) in [5, 5.41) is -3.16. The second-order valence-corrected chi connectivity index (χ2v) is 12.6. The van der Waals surface area contributed by atoms with Gasteiger partial charge in [-0.25, -0.2) is 4.98 Å². The maximum atomic E-state index is 9.87. The van der Waals surface area contributed by atoms with Gasteiger partial charge in [0.05, 0.1) is 63.2 Å². The molecule has 0 radical (unpaired) electrons. The van der Waals surface area contributed by atoms with Crippen molar-refractivity contribution < 1.29 is 45.5 Å². The molecule has 6 nitrogen and oxygen atoms in total. The minimum Gasteiger partial charge on any atom is -0.456 e. The highest BCUT2D eigenvalue weighted by Gasteiger charge is 2.23. The zero-order valence-corrected chi connectivity index (χ0v) is 29.1. The molecule has 0 fully saturated rings. The van der Waals surface area contributed by atoms with E-state index in [1.54, 1.807) is 0 Å². The average Bonchev–Trinajstić information content (AvgIpc) is 1.56. The Bertz CT molecular complexity index is 5270. The third-order valence-corrected chi connectivity index (χ3v) is 9.36. The van der Waals surface area contributed by atoms with Crippen LogP contribution in [0, 0.1) is 6.92 Å². The fraction of sp³-hybridized carbons (Fsp3) is 0.0192. The van der Waals surface area contributed by atoms with Gasteiger partial charge in [-0.3, -0.25) is 4.57 Å². The third-order valence-electron chi connectivity index (χ3n) is 9.36. The second-order valence-electron chi connectivity index (χ2n) is 12.6. The predicted octanol–water partition coefficient (Wildman–Crippen LogP) is 13.3. The standard InChI is InChI=1S/C52H33N5O/c1-32-30-35(24-26-37(32)33-14-4-2-5-15-33)51-53-50(34-16-6-3-7-17-34)54-52(55-51)57-43-21-11-8-18-38(43)41-28-29-45-48(49(41)57)42-20-9-12-22-44(42)56(45)36-25-27-40-39-19-10-13-23-46(39)58-47(40)31-36/h2-31H,1H3/i2D,3D,4D,5D,6D,7D,8D,9D,10D,11D,12D,13D,14D,15D,16D,17D,18D,19D,20D,21D,22D,23D,24D,25D,26D,27D,28D,29D,30D,31D. The number of fused-ring (bicyclic) bond motifs is 10. The molecule has 4 heterocycles. The first-order valence-electron chi connectivity index (χ1n) is 32.1. The van der Waals surface area contributed by atoms with Crippen LogP contribution in [-0.4, -0.2) is 24.1 Å². The Labute approximate surface area is 375 Å². The van der Waals surface area contributed by atoms with E-state index in [0.717, 1.165) is 9.13 Å². The van der Waals surface area contributed by atoms with Crippen LogP contribution in [0.15, 0.2) is 186 Å². The molecule has 0 N–H and O–H groups in total. The summed E-state index contributed by atoms with van der Waals surface area (Å²) in [5.41, 5.74) is -7.40. The van der Waals surface area contributed by atoms with Gasteiger partial charge < -0.3 is 8.98 Å². The number of furan rings is 1. The first-order valence-corrected chi connectivity index (χ1v) is 17.1. The molecule has 12 rings (SSSR count). The molecule has 6 heteroatoms. The van der Waals surface area contributed by atoms with Crippen LogP contribution in [0.5, 0.6) is 0 Å². The van der Waals surface area contributed by atoms with Crippen LogP contribution in [0.25, 0.3) is 111 Å². The SMILES string of the molecule is [2H]c1c([2H])c([2H])c(-c2nc(-c3c([2H])c([2H])c(-c4c([2H])c([2H])c([2H])c([2H])c4[2H])c(C)c3[2H])nc(-n3c4c([2H])c([2H])c([2H])c([2H])c4c4c([2H])c([2H])c5c(c6c([2H])c([2H])c([2H])c([2H])c6n5-c5c([2H])c([2H])c6c(oc7c([2H])c([2H])c([2H])c([2H])c76)c5[2H])c43)n2)c([2H])c1[2H]. The molecule has 0 saturated heterocycles. The van der Waals surface area contributed by atoms with Crippen molar-refractivity contribution in [3.05, 3.63) is 187 Å². The number of para-hydroxylation sites is 3. The Morgan fingerprint density at radius 2 is 1.07 bits per heavy atom. The number of hydrogen-bond donors (Lipinski definition) is 0. The van der Waals surface area contributed by atoms with Crippen LogP contribution in [0.2, 0.25) is 0 Å². The van der Waals surface area contributed by atoms with Gasteiger partial charge in [0.15, 0.2) is 11.6 Å². The first kappa shape index (κ1) is 14.6. The zero-order valence-electron chi connectivity index (χ0n) is 59.1. The summed E-state index contributed by atoms with van der Waals surface area (Å²) in [4.78, 5) is 13.6. The molecular formula is C52H33N5O. The van der Waals surface area contributed by atoms with Crippen LogP contribution >= 0.6 is 0 Å². The molecule has 0 saturated carbocycles. The Hall–Kier alpha value is -7.83. The van der Waals surface area contributed by atoms with Gasteiger partial charge in [-0.2, -0.15) is 9.97 Å². The molecule has 12 aromatic rings. The van der Waals surface area contributed by atoms with Crippen LogP contribution in [0.3, 0.4) is 0 Å². The van der Waals surface area contributed by atoms with E-state index >= 15 is 0 Å². The molecule has 0 amide bonds. The van der Waals surface area contributed by atoms with Crippen molar-refractivity contribution in [3.8, 4) is 45.5 Å². The van der Waals surface area contributed by atoms with Crippen LogP contribution in [0.4, 0.5) is 0 Å². The summed E-state index contributed by atoms with van der Waals surface area (Å²) in [6.07, 6.45) is 0. The smallest absolute Gasteiger partial charge is 0.238 e. The number of hydrogen-bond acceptors (Lipinski definition) is 4. The lowest BCUT2D eigenvalue weighted by Gasteiger charge is -2.13. The minimum absolute atomic E-state index is 0.306. The predicted molar refractivity (Wildman–Crippen MR) is 237 cm³/mol. The lowest BCUT2D eigenvalue weighted by molar-refractivity contribution is 0.668. The van der Waals surface area contributed by atoms with Gasteiger partial charge in [0.1, 0.15) is 11.2 Å². The van der Waals surface area contributed by atoms with Gasteiger partial charge in [-0.15, -0.1) is 0 Å². The van der Waals surface area contributed by atoms with Crippen LogP contribution < -0.4 is 0 Å². The Balaban J connectivity index is 1.34. The van der Waals surface area contributed by atoms with E-state index in [2.05, 4.69) is 15.0 Å². The van der Waals surface area contributed by atoms with E-state index in [9.17, 15) is 16.4 Å². The van der Waals surface area contributed by atoms with Crippen LogP contribution in [-0.2, 0) is 0 Å². The fourth-order valence-corrected chi connectivity index (χ4v) is 6.93. The molecule has 0 aliphatic heterocycles. The van der Waals surface area contributed by atoms with Crippen molar-refractivity contribution >= 4 is 65.6 Å². The van der Waals surface area contributed by atoms with Gasteiger partial charge in [-0.1, -0.05) is 133 Å². The lowest BCUT2D eigenvalue weighted by Crippen LogP contribution is -2.06. The molecule has 0 unspecified atom stereocenters. The summed E-state index contributed by atoms with van der Waals surface area (Å²) in [7, 11) is 0. The Morgan fingerprint density at radius 3 is 1.86 bits per heavy atom. The summed E-state index contributed by atoms with van der Waals surface area (Å²) in [6.45, 7) is 1.21. The molecule has 272 valence electrons. The van der Waals surface area contributed by atoms with E-state index in [4.69, 9.17) is 29.1 Å². The van der Waals surface area contributed by atoms with E-state index in [-0.39, 0.29) is 5.56 Å². The maximum Gasteiger partial charge on any atom is 0.238 e. The fourth-order valence-electron chi connectivity index (χ4n) is 6.93. The van der Waals surface area contributed by atoms with Gasteiger partial charge in [0, 0.05) is 55.2 Å². The molecule has 8 aromatic carbocycles. The maximum absolute atomic E-state index is 9.87. The molecule has 0 spiro atoms. The molecule has 4 aromatic heterocycles. The quantitative estimate of drug-likeness (QED) is 0.175. The van der Waals surface area contributed by atoms with Crippen molar-refractivity contribution in [3.63, 3.8) is 0 Å². The minimum atomic E-state index is -0.967. The Kier molecular flexibility index (Phi) is 3.17. The molecule has 0 atom stereocenters. The number of aromatic nitrogens is 5. The van der Waals surface area contributed by atoms with Crippen molar-refractivity contribution in [2.45, 2.75) is 6.92 Å². The topological polar surface area (TPSA) is 61.7 Å². The zero-order chi connectivity index (χ0) is 64.4.